The summed E-state index contributed by atoms with van der Waals surface area (Å²) in [5.74, 6) is 0. The van der Waals surface area contributed by atoms with Gasteiger partial charge in [-0.2, -0.15) is 0 Å². The van der Waals surface area contributed by atoms with E-state index >= 15 is 0 Å². The predicted octanol–water partition coefficient (Wildman–Crippen LogP) is 3.28. The van der Waals surface area contributed by atoms with E-state index in [9.17, 15) is 8.78 Å². The second kappa shape index (κ2) is 3.62. The summed E-state index contributed by atoms with van der Waals surface area (Å²) >= 11 is 7.19. The summed E-state index contributed by atoms with van der Waals surface area (Å²) in [6, 6.07) is 2.63. The van der Waals surface area contributed by atoms with Gasteiger partial charge in [0.25, 0.3) is 6.43 Å². The van der Waals surface area contributed by atoms with Crippen molar-refractivity contribution >= 4 is 34.2 Å². The first-order valence-corrected chi connectivity index (χ1v) is 4.17. The quantitative estimate of drug-likeness (QED) is 0.571. The minimum atomic E-state index is -2.48. The molecule has 0 atom stereocenters. The first-order valence-electron chi connectivity index (χ1n) is 2.71. The maximum atomic E-state index is 12.1. The van der Waals surface area contributed by atoms with Gasteiger partial charge in [0.2, 0.25) is 0 Å². The zero-order valence-corrected chi connectivity index (χ0v) is 8.10. The molecule has 0 amide bonds. The maximum absolute atomic E-state index is 12.1. The summed E-state index contributed by atoms with van der Waals surface area (Å²) in [4.78, 5) is 3.67. The molecule has 0 unspecified atom stereocenters. The molecular weight excluding hydrogens is 286 g/mol. The fourth-order valence-corrected chi connectivity index (χ4v) is 1.55. The largest absolute Gasteiger partial charge is 0.266 e. The molecule has 11 heavy (non-hydrogen) atoms. The summed E-state index contributed by atoms with van der Waals surface area (Å²) in [7, 11) is 0. The number of pyridine rings is 1. The topological polar surface area (TPSA) is 12.9 Å². The van der Waals surface area contributed by atoms with Crippen molar-refractivity contribution in [3.8, 4) is 0 Å². The molecule has 0 saturated carbocycles. The van der Waals surface area contributed by atoms with Crippen LogP contribution in [0.4, 0.5) is 8.78 Å². The smallest absolute Gasteiger partial charge is 0.230 e. The van der Waals surface area contributed by atoms with E-state index in [2.05, 4.69) is 4.98 Å². The van der Waals surface area contributed by atoms with Crippen molar-refractivity contribution in [3.63, 3.8) is 0 Å². The number of nitrogens with zero attached hydrogens (tertiary/aromatic N) is 1. The van der Waals surface area contributed by atoms with Gasteiger partial charge in [0, 0.05) is 5.56 Å². The molecule has 1 nitrogen and oxygen atoms in total. The molecule has 0 aromatic carbocycles. The fourth-order valence-electron chi connectivity index (χ4n) is 0.586. The number of aromatic nitrogens is 1. The number of hydrogen-bond donors (Lipinski definition) is 0. The number of hydrogen-bond acceptors (Lipinski definition) is 1. The molecule has 1 heterocycles. The van der Waals surface area contributed by atoms with Crippen LogP contribution in [0.15, 0.2) is 12.1 Å². The third kappa shape index (κ3) is 2.23. The summed E-state index contributed by atoms with van der Waals surface area (Å²) in [5, 5.41) is 0.235. The van der Waals surface area contributed by atoms with Crippen molar-refractivity contribution in [1.82, 2.24) is 4.98 Å². The second-order valence-corrected chi connectivity index (χ2v) is 3.22. The monoisotopic (exact) mass is 289 g/mol. The van der Waals surface area contributed by atoms with Crippen LogP contribution in [0.1, 0.15) is 12.0 Å². The van der Waals surface area contributed by atoms with Gasteiger partial charge in [-0.15, -0.1) is 0 Å². The van der Waals surface area contributed by atoms with Crippen LogP contribution in [0, 0.1) is 3.70 Å². The minimum absolute atomic E-state index is 0.0741. The molecule has 60 valence electrons. The zero-order chi connectivity index (χ0) is 8.43. The van der Waals surface area contributed by atoms with Crippen molar-refractivity contribution in [2.45, 2.75) is 6.43 Å². The SMILES string of the molecule is FC(F)c1ccc(Cl)nc1I. The van der Waals surface area contributed by atoms with Crippen molar-refractivity contribution < 1.29 is 8.78 Å². The van der Waals surface area contributed by atoms with Gasteiger partial charge in [-0.1, -0.05) is 11.6 Å². The normalized spacial score (nSPS) is 10.6. The molecule has 0 radical (unpaired) electrons. The van der Waals surface area contributed by atoms with E-state index in [1.54, 1.807) is 22.6 Å². The van der Waals surface area contributed by atoms with E-state index in [1.165, 1.54) is 12.1 Å². The number of rotatable bonds is 1. The van der Waals surface area contributed by atoms with Crippen molar-refractivity contribution in [2.24, 2.45) is 0 Å². The average molecular weight is 289 g/mol. The third-order valence-corrected chi connectivity index (χ3v) is 2.15. The molecule has 0 aliphatic rings. The Hall–Kier alpha value is 0.0300. The summed E-state index contributed by atoms with van der Waals surface area (Å²) in [5.41, 5.74) is -0.0741. The van der Waals surface area contributed by atoms with E-state index < -0.39 is 6.43 Å². The lowest BCUT2D eigenvalue weighted by Crippen LogP contribution is -1.92. The Kier molecular flexibility index (Phi) is 3.00. The Balaban J connectivity index is 3.09. The van der Waals surface area contributed by atoms with E-state index in [1.807, 2.05) is 0 Å². The molecule has 5 heteroatoms. The third-order valence-electron chi connectivity index (χ3n) is 1.08. The molecule has 0 aliphatic heterocycles. The van der Waals surface area contributed by atoms with E-state index in [0.717, 1.165) is 0 Å². The fraction of sp³-hybridized carbons (Fsp3) is 0.167. The Bertz CT molecular complexity index is 267. The Morgan fingerprint density at radius 3 is 2.55 bits per heavy atom. The molecule has 1 rings (SSSR count). The molecular formula is C6H3ClF2IN. The lowest BCUT2D eigenvalue weighted by atomic mass is 10.3. The van der Waals surface area contributed by atoms with Gasteiger partial charge in [-0.05, 0) is 34.7 Å². The minimum Gasteiger partial charge on any atom is -0.230 e. The highest BCUT2D eigenvalue weighted by Gasteiger charge is 2.11. The standard InChI is InChI=1S/C6H3ClF2IN/c7-4-2-1-3(5(8)9)6(10)11-4/h1-2,5H. The number of halogens is 4. The first-order chi connectivity index (χ1) is 5.11. The molecule has 0 bridgehead atoms. The van der Waals surface area contributed by atoms with E-state index in [4.69, 9.17) is 11.6 Å². The van der Waals surface area contributed by atoms with Crippen LogP contribution in [0.5, 0.6) is 0 Å². The zero-order valence-electron chi connectivity index (χ0n) is 5.19. The maximum Gasteiger partial charge on any atom is 0.266 e. The lowest BCUT2D eigenvalue weighted by molar-refractivity contribution is 0.150. The highest BCUT2D eigenvalue weighted by molar-refractivity contribution is 14.1. The molecule has 0 saturated heterocycles. The summed E-state index contributed by atoms with van der Waals surface area (Å²) < 4.78 is 24.4. The van der Waals surface area contributed by atoms with Crippen LogP contribution in [-0.4, -0.2) is 4.98 Å². The van der Waals surface area contributed by atoms with Gasteiger partial charge in [0.1, 0.15) is 8.85 Å². The second-order valence-electron chi connectivity index (χ2n) is 1.81. The van der Waals surface area contributed by atoms with Gasteiger partial charge in [0.05, 0.1) is 0 Å². The van der Waals surface area contributed by atoms with Gasteiger partial charge in [0.15, 0.2) is 0 Å². The van der Waals surface area contributed by atoms with Crippen LogP contribution in [0.25, 0.3) is 0 Å². The first kappa shape index (κ1) is 9.12. The van der Waals surface area contributed by atoms with Gasteiger partial charge < -0.3 is 0 Å². The van der Waals surface area contributed by atoms with Gasteiger partial charge >= 0.3 is 0 Å². The lowest BCUT2D eigenvalue weighted by Gasteiger charge is -2.00. The van der Waals surface area contributed by atoms with Crippen molar-refractivity contribution in [2.75, 3.05) is 0 Å². The van der Waals surface area contributed by atoms with E-state index in [0.29, 0.717) is 0 Å². The van der Waals surface area contributed by atoms with E-state index in [-0.39, 0.29) is 14.4 Å². The number of alkyl halides is 2. The molecule has 1 aromatic rings. The average Bonchev–Trinajstić information content (AvgIpc) is 1.85. The summed E-state index contributed by atoms with van der Waals surface area (Å²) in [6.07, 6.45) is -2.48. The van der Waals surface area contributed by atoms with Gasteiger partial charge in [-0.3, -0.25) is 0 Å². The van der Waals surface area contributed by atoms with Crippen LogP contribution in [0.3, 0.4) is 0 Å². The van der Waals surface area contributed by atoms with Crippen LogP contribution in [0.2, 0.25) is 5.15 Å². The van der Waals surface area contributed by atoms with Crippen LogP contribution < -0.4 is 0 Å². The molecule has 0 fully saturated rings. The Morgan fingerprint density at radius 1 is 1.45 bits per heavy atom. The van der Waals surface area contributed by atoms with Crippen molar-refractivity contribution in [1.29, 1.82) is 0 Å². The van der Waals surface area contributed by atoms with Crippen molar-refractivity contribution in [3.05, 3.63) is 26.5 Å². The molecule has 0 aliphatic carbocycles. The Morgan fingerprint density at radius 2 is 2.09 bits per heavy atom. The Labute approximate surface area is 80.9 Å². The van der Waals surface area contributed by atoms with Crippen LogP contribution in [-0.2, 0) is 0 Å². The molecule has 0 spiro atoms. The highest BCUT2D eigenvalue weighted by atomic mass is 127. The highest BCUT2D eigenvalue weighted by Crippen LogP contribution is 2.23. The summed E-state index contributed by atoms with van der Waals surface area (Å²) in [6.45, 7) is 0. The van der Waals surface area contributed by atoms with Crippen LogP contribution >= 0.6 is 34.2 Å². The van der Waals surface area contributed by atoms with Gasteiger partial charge in [-0.25, -0.2) is 13.8 Å². The predicted molar refractivity (Wildman–Crippen MR) is 46.9 cm³/mol. The molecule has 1 aromatic heterocycles. The molecule has 0 N–H and O–H groups in total.